The predicted octanol–water partition coefficient (Wildman–Crippen LogP) is 7.70. The molecule has 46 heavy (non-hydrogen) atoms. The van der Waals surface area contributed by atoms with Crippen LogP contribution in [0.1, 0.15) is 112 Å². The standard InChI is InChI=1S/C20H28N2O.C18H23NO2.C2H6/c1-21-13-11-16(12-14-21)20(15-7-3-4-8-15)17-9-5-6-10-18(17)22(2)19(20)23;20-17-15-7-3-4-8-16(15)18(21-17,13-5-1-2-6-13)14-9-11-19-12-10-14;1-2/h5-6,9-10,15-16H,3-4,7-8,11-14H2,1-2H3;3-4,7-8,13-14,19H,1-2,5-6,9-12H2;1-2H3. The number of piperidine rings is 2. The van der Waals surface area contributed by atoms with Crippen LogP contribution in [0, 0.1) is 23.7 Å². The van der Waals surface area contributed by atoms with Gasteiger partial charge in [0.1, 0.15) is 5.60 Å². The number of fused-ring (bicyclic) bond motifs is 2. The molecule has 1 N–H and O–H groups in total. The number of rotatable bonds is 4. The normalized spacial score (nSPS) is 29.1. The van der Waals surface area contributed by atoms with Gasteiger partial charge in [0, 0.05) is 30.1 Å². The third-order valence-corrected chi connectivity index (χ3v) is 12.5. The fourth-order valence-corrected chi connectivity index (χ4v) is 10.4. The fraction of sp³-hybridized carbons (Fsp3) is 0.650. The molecule has 4 heterocycles. The molecule has 0 bridgehead atoms. The number of cyclic esters (lactones) is 1. The molecule has 2 saturated heterocycles. The lowest BCUT2D eigenvalue weighted by Crippen LogP contribution is -2.52. The number of nitrogens with one attached hydrogen (secondary N) is 1. The molecular weight excluding hydrogens is 570 g/mol. The van der Waals surface area contributed by atoms with E-state index in [1.54, 1.807) is 0 Å². The van der Waals surface area contributed by atoms with Crippen molar-refractivity contribution in [3.63, 3.8) is 0 Å². The average Bonchev–Trinajstić information content (AvgIpc) is 3.93. The molecular formula is C40H57N3O3. The molecule has 4 fully saturated rings. The summed E-state index contributed by atoms with van der Waals surface area (Å²) >= 11 is 0. The van der Waals surface area contributed by atoms with Crippen LogP contribution in [0.15, 0.2) is 48.5 Å². The summed E-state index contributed by atoms with van der Waals surface area (Å²) in [6.45, 7) is 8.33. The number of hydrogen-bond donors (Lipinski definition) is 1. The Labute approximate surface area is 277 Å². The van der Waals surface area contributed by atoms with Crippen molar-refractivity contribution in [2.75, 3.05) is 45.2 Å². The van der Waals surface area contributed by atoms with Gasteiger partial charge in [0.05, 0.1) is 11.0 Å². The van der Waals surface area contributed by atoms with E-state index >= 15 is 0 Å². The first-order valence-corrected chi connectivity index (χ1v) is 18.6. The van der Waals surface area contributed by atoms with Gasteiger partial charge in [-0.1, -0.05) is 75.9 Å². The molecule has 0 aromatic heterocycles. The van der Waals surface area contributed by atoms with Crippen LogP contribution in [-0.4, -0.2) is 57.1 Å². The minimum Gasteiger partial charge on any atom is -0.450 e. The smallest absolute Gasteiger partial charge is 0.339 e. The lowest BCUT2D eigenvalue weighted by molar-refractivity contribution is -0.128. The Morgan fingerprint density at radius 1 is 0.674 bits per heavy atom. The molecule has 6 aliphatic rings. The van der Waals surface area contributed by atoms with Gasteiger partial charge in [0.25, 0.3) is 0 Å². The largest absolute Gasteiger partial charge is 0.450 e. The highest BCUT2D eigenvalue weighted by molar-refractivity contribution is 6.08. The first kappa shape index (κ1) is 33.2. The predicted molar refractivity (Wildman–Crippen MR) is 186 cm³/mol. The van der Waals surface area contributed by atoms with Crippen molar-refractivity contribution in [3.8, 4) is 0 Å². The van der Waals surface area contributed by atoms with Crippen molar-refractivity contribution >= 4 is 17.6 Å². The number of hydrogen-bond acceptors (Lipinski definition) is 5. The van der Waals surface area contributed by atoms with E-state index in [1.165, 1.54) is 62.5 Å². The van der Waals surface area contributed by atoms with Gasteiger partial charge >= 0.3 is 5.97 Å². The first-order chi connectivity index (χ1) is 22.5. The highest BCUT2D eigenvalue weighted by atomic mass is 16.6. The molecule has 2 aromatic rings. The zero-order valence-electron chi connectivity index (χ0n) is 28.9. The second-order valence-electron chi connectivity index (χ2n) is 14.5. The summed E-state index contributed by atoms with van der Waals surface area (Å²) < 4.78 is 6.18. The number of ether oxygens (including phenoxy) is 1. The number of benzene rings is 2. The Morgan fingerprint density at radius 3 is 1.85 bits per heavy atom. The first-order valence-electron chi connectivity index (χ1n) is 18.6. The Morgan fingerprint density at radius 2 is 1.20 bits per heavy atom. The molecule has 0 spiro atoms. The van der Waals surface area contributed by atoms with Crippen LogP contribution < -0.4 is 10.2 Å². The fourth-order valence-electron chi connectivity index (χ4n) is 10.4. The number of anilines is 1. The number of likely N-dealkylation sites (N-methyl/N-ethyl adjacent to an activating group) is 1. The molecule has 8 rings (SSSR count). The molecule has 2 unspecified atom stereocenters. The van der Waals surface area contributed by atoms with Gasteiger partial charge in [0.2, 0.25) is 5.91 Å². The SMILES string of the molecule is CC.CN1CCC(C2(C3CCCC3)C(=O)N(C)c3ccccc32)CC1.O=C1OC(C2CCCC2)(C2CCNCC2)c2ccccc21. The molecule has 250 valence electrons. The van der Waals surface area contributed by atoms with E-state index in [9.17, 15) is 9.59 Å². The second kappa shape index (κ2) is 14.2. The number of carbonyl (C=O) groups excluding carboxylic acids is 2. The summed E-state index contributed by atoms with van der Waals surface area (Å²) in [6, 6.07) is 16.7. The van der Waals surface area contributed by atoms with Crippen LogP contribution in [0.3, 0.4) is 0 Å². The monoisotopic (exact) mass is 627 g/mol. The maximum atomic E-state index is 13.6. The van der Waals surface area contributed by atoms with Gasteiger partial charge in [-0.15, -0.1) is 0 Å². The van der Waals surface area contributed by atoms with Gasteiger partial charge in [-0.3, -0.25) is 4.79 Å². The van der Waals surface area contributed by atoms with Crippen LogP contribution in [0.25, 0.3) is 0 Å². The van der Waals surface area contributed by atoms with Crippen LogP contribution in [0.5, 0.6) is 0 Å². The zero-order valence-corrected chi connectivity index (χ0v) is 28.9. The molecule has 2 aromatic carbocycles. The van der Waals surface area contributed by atoms with Crippen molar-refractivity contribution in [1.29, 1.82) is 0 Å². The molecule has 1 amide bonds. The van der Waals surface area contributed by atoms with Crippen LogP contribution >= 0.6 is 0 Å². The molecule has 0 radical (unpaired) electrons. The third-order valence-electron chi connectivity index (χ3n) is 12.5. The third kappa shape index (κ3) is 5.51. The summed E-state index contributed by atoms with van der Waals surface area (Å²) in [5.41, 5.74) is 3.88. The molecule has 2 saturated carbocycles. The van der Waals surface area contributed by atoms with Crippen LogP contribution in [0.4, 0.5) is 5.69 Å². The summed E-state index contributed by atoms with van der Waals surface area (Å²) in [5.74, 6) is 2.29. The van der Waals surface area contributed by atoms with E-state index in [1.807, 2.05) is 37.9 Å². The molecule has 2 atom stereocenters. The van der Waals surface area contributed by atoms with Crippen molar-refractivity contribution < 1.29 is 14.3 Å². The van der Waals surface area contributed by atoms with Gasteiger partial charge in [-0.05, 0) is 114 Å². The van der Waals surface area contributed by atoms with Crippen molar-refractivity contribution in [1.82, 2.24) is 10.2 Å². The highest BCUT2D eigenvalue weighted by Crippen LogP contribution is 2.57. The molecule has 4 aliphatic heterocycles. The Hall–Kier alpha value is -2.70. The summed E-state index contributed by atoms with van der Waals surface area (Å²) in [6.07, 6.45) is 14.5. The van der Waals surface area contributed by atoms with Crippen LogP contribution in [-0.2, 0) is 20.5 Å². The van der Waals surface area contributed by atoms with E-state index in [4.69, 9.17) is 4.74 Å². The summed E-state index contributed by atoms with van der Waals surface area (Å²) in [5, 5.41) is 3.44. The lowest BCUT2D eigenvalue weighted by Gasteiger charge is -2.44. The van der Waals surface area contributed by atoms with E-state index in [0.717, 1.165) is 63.1 Å². The quantitative estimate of drug-likeness (QED) is 0.352. The maximum Gasteiger partial charge on any atom is 0.339 e. The van der Waals surface area contributed by atoms with Gasteiger partial charge < -0.3 is 19.9 Å². The number of nitrogens with zero attached hydrogens (tertiary/aromatic N) is 2. The maximum absolute atomic E-state index is 13.6. The van der Waals surface area contributed by atoms with Gasteiger partial charge in [0.15, 0.2) is 0 Å². The topological polar surface area (TPSA) is 61.9 Å². The number of carbonyl (C=O) groups is 2. The second-order valence-corrected chi connectivity index (χ2v) is 14.5. The molecule has 6 heteroatoms. The van der Waals surface area contributed by atoms with E-state index < -0.39 is 0 Å². The van der Waals surface area contributed by atoms with Crippen molar-refractivity contribution in [2.24, 2.45) is 23.7 Å². The highest BCUT2D eigenvalue weighted by Gasteiger charge is 2.59. The number of amides is 1. The Bertz CT molecular complexity index is 1350. The van der Waals surface area contributed by atoms with Crippen molar-refractivity contribution in [3.05, 3.63) is 65.2 Å². The van der Waals surface area contributed by atoms with E-state index in [2.05, 4.69) is 53.7 Å². The lowest BCUT2D eigenvalue weighted by atomic mass is 9.60. The van der Waals surface area contributed by atoms with Gasteiger partial charge in [-0.2, -0.15) is 0 Å². The number of esters is 1. The number of likely N-dealkylation sites (tertiary alicyclic amines) is 1. The zero-order chi connectivity index (χ0) is 32.3. The van der Waals surface area contributed by atoms with Gasteiger partial charge in [-0.25, -0.2) is 4.79 Å². The summed E-state index contributed by atoms with van der Waals surface area (Å²) in [4.78, 5) is 30.4. The van der Waals surface area contributed by atoms with E-state index in [0.29, 0.717) is 29.6 Å². The van der Waals surface area contributed by atoms with Crippen LogP contribution in [0.2, 0.25) is 0 Å². The minimum absolute atomic E-state index is 0.101. The average molecular weight is 628 g/mol. The van der Waals surface area contributed by atoms with Crippen molar-refractivity contribution in [2.45, 2.75) is 102 Å². The Balaban J connectivity index is 0.000000154. The Kier molecular flexibility index (Phi) is 10.2. The minimum atomic E-state index is -0.341. The molecule has 2 aliphatic carbocycles. The molecule has 6 nitrogen and oxygen atoms in total. The summed E-state index contributed by atoms with van der Waals surface area (Å²) in [7, 11) is 4.18. The number of para-hydroxylation sites is 1. The van der Waals surface area contributed by atoms with E-state index in [-0.39, 0.29) is 17.0 Å².